The molecule has 0 heterocycles. The Morgan fingerprint density at radius 1 is 1.20 bits per heavy atom. The Bertz CT molecular complexity index is 645. The van der Waals surface area contributed by atoms with Crippen molar-refractivity contribution >= 4 is 5.84 Å². The van der Waals surface area contributed by atoms with Crippen LogP contribution < -0.4 is 10.5 Å². The van der Waals surface area contributed by atoms with Gasteiger partial charge in [0.25, 0.3) is 0 Å². The lowest BCUT2D eigenvalue weighted by molar-refractivity contribution is 0.289. The van der Waals surface area contributed by atoms with Crippen molar-refractivity contribution in [2.75, 3.05) is 0 Å². The molecule has 0 atom stereocenters. The van der Waals surface area contributed by atoms with Crippen molar-refractivity contribution in [2.24, 2.45) is 10.9 Å². The molecule has 2 rings (SSSR count). The van der Waals surface area contributed by atoms with E-state index < -0.39 is 11.6 Å². The van der Waals surface area contributed by atoms with Crippen LogP contribution in [0.15, 0.2) is 47.6 Å². The maximum atomic E-state index is 13.4. The molecule has 0 unspecified atom stereocenters. The fraction of sp³-hybridized carbons (Fsp3) is 0.0714. The smallest absolute Gasteiger partial charge is 0.170 e. The van der Waals surface area contributed by atoms with Gasteiger partial charge in [0.2, 0.25) is 0 Å². The van der Waals surface area contributed by atoms with Crippen LogP contribution in [0.5, 0.6) is 5.75 Å². The Morgan fingerprint density at radius 2 is 1.95 bits per heavy atom. The van der Waals surface area contributed by atoms with Crippen molar-refractivity contribution in [3.05, 3.63) is 65.2 Å². The van der Waals surface area contributed by atoms with Crippen molar-refractivity contribution in [3.8, 4) is 5.75 Å². The molecule has 0 aliphatic rings. The molecular weight excluding hydrogens is 266 g/mol. The van der Waals surface area contributed by atoms with Gasteiger partial charge in [-0.1, -0.05) is 29.4 Å². The number of ether oxygens (including phenoxy) is 1. The molecule has 104 valence electrons. The zero-order valence-corrected chi connectivity index (χ0v) is 10.4. The van der Waals surface area contributed by atoms with E-state index in [2.05, 4.69) is 5.16 Å². The van der Waals surface area contributed by atoms with Crippen LogP contribution in [0, 0.1) is 11.6 Å². The Hall–Kier alpha value is -2.63. The summed E-state index contributed by atoms with van der Waals surface area (Å²) in [5.74, 6) is -1.59. The molecule has 2 aromatic carbocycles. The van der Waals surface area contributed by atoms with Gasteiger partial charge in [0.05, 0.1) is 0 Å². The molecule has 0 aliphatic carbocycles. The molecule has 0 saturated carbocycles. The lowest BCUT2D eigenvalue weighted by Gasteiger charge is -2.10. The number of hydrogen-bond acceptors (Lipinski definition) is 3. The highest BCUT2D eigenvalue weighted by atomic mass is 19.1. The summed E-state index contributed by atoms with van der Waals surface area (Å²) in [6.07, 6.45) is 0. The summed E-state index contributed by atoms with van der Waals surface area (Å²) in [4.78, 5) is 0. The highest BCUT2D eigenvalue weighted by Crippen LogP contribution is 2.20. The van der Waals surface area contributed by atoms with E-state index in [1.807, 2.05) is 0 Å². The van der Waals surface area contributed by atoms with Crippen LogP contribution in [0.3, 0.4) is 0 Å². The van der Waals surface area contributed by atoms with Gasteiger partial charge in [0.15, 0.2) is 17.4 Å². The number of hydrogen-bond donors (Lipinski definition) is 2. The molecule has 3 N–H and O–H groups in total. The van der Waals surface area contributed by atoms with Crippen LogP contribution in [-0.4, -0.2) is 11.0 Å². The van der Waals surface area contributed by atoms with E-state index in [-0.39, 0.29) is 18.2 Å². The Kier molecular flexibility index (Phi) is 4.14. The minimum Gasteiger partial charge on any atom is -0.486 e. The number of nitrogens with two attached hydrogens (primary N) is 1. The Balaban J connectivity index is 2.19. The molecule has 0 saturated heterocycles. The summed E-state index contributed by atoms with van der Waals surface area (Å²) >= 11 is 0. The van der Waals surface area contributed by atoms with Crippen LogP contribution >= 0.6 is 0 Å². The fourth-order valence-electron chi connectivity index (χ4n) is 1.70. The highest BCUT2D eigenvalue weighted by Gasteiger charge is 2.09. The number of oxime groups is 1. The second-order valence-corrected chi connectivity index (χ2v) is 4.01. The zero-order valence-electron chi connectivity index (χ0n) is 10.4. The molecule has 0 spiro atoms. The predicted molar refractivity (Wildman–Crippen MR) is 69.6 cm³/mol. The first kappa shape index (κ1) is 13.8. The lowest BCUT2D eigenvalue weighted by atomic mass is 10.1. The van der Waals surface area contributed by atoms with Crippen LogP contribution in [0.4, 0.5) is 8.78 Å². The lowest BCUT2D eigenvalue weighted by Crippen LogP contribution is -2.16. The molecule has 0 bridgehead atoms. The summed E-state index contributed by atoms with van der Waals surface area (Å²) < 4.78 is 31.5. The van der Waals surface area contributed by atoms with Gasteiger partial charge in [-0.2, -0.15) is 0 Å². The molecule has 0 amide bonds. The van der Waals surface area contributed by atoms with Crippen LogP contribution in [0.1, 0.15) is 11.1 Å². The molecule has 6 heteroatoms. The van der Waals surface area contributed by atoms with E-state index in [1.165, 1.54) is 6.07 Å². The maximum absolute atomic E-state index is 13.4. The predicted octanol–water partition coefficient (Wildman–Crippen LogP) is 2.64. The molecule has 0 fully saturated rings. The molecule has 2 aromatic rings. The van der Waals surface area contributed by atoms with E-state index in [0.29, 0.717) is 11.1 Å². The highest BCUT2D eigenvalue weighted by molar-refractivity contribution is 5.98. The average Bonchev–Trinajstić information content (AvgIpc) is 2.46. The molecule has 0 aliphatic heterocycles. The summed E-state index contributed by atoms with van der Waals surface area (Å²) in [5, 5.41) is 11.6. The van der Waals surface area contributed by atoms with Crippen molar-refractivity contribution < 1.29 is 18.7 Å². The Morgan fingerprint density at radius 3 is 2.65 bits per heavy atom. The summed E-state index contributed by atoms with van der Waals surface area (Å²) in [7, 11) is 0. The van der Waals surface area contributed by atoms with Gasteiger partial charge in [-0.05, 0) is 12.1 Å². The van der Waals surface area contributed by atoms with Gasteiger partial charge in [-0.25, -0.2) is 8.78 Å². The first-order valence-electron chi connectivity index (χ1n) is 5.75. The van der Waals surface area contributed by atoms with E-state index in [4.69, 9.17) is 15.7 Å². The monoisotopic (exact) mass is 278 g/mol. The molecule has 4 nitrogen and oxygen atoms in total. The van der Waals surface area contributed by atoms with E-state index in [9.17, 15) is 8.78 Å². The van der Waals surface area contributed by atoms with Crippen molar-refractivity contribution in [1.29, 1.82) is 0 Å². The number of benzene rings is 2. The second kappa shape index (κ2) is 6.01. The fourth-order valence-corrected chi connectivity index (χ4v) is 1.70. The third-order valence-electron chi connectivity index (χ3n) is 2.68. The van der Waals surface area contributed by atoms with Crippen molar-refractivity contribution in [2.45, 2.75) is 6.61 Å². The minimum absolute atomic E-state index is 0.00887. The SMILES string of the molecule is N/C(=N\O)c1ccccc1COc1ccc(F)cc1F. The van der Waals surface area contributed by atoms with E-state index in [0.717, 1.165) is 12.1 Å². The first-order valence-corrected chi connectivity index (χ1v) is 5.75. The van der Waals surface area contributed by atoms with Crippen LogP contribution in [-0.2, 0) is 6.61 Å². The van der Waals surface area contributed by atoms with Gasteiger partial charge in [-0.3, -0.25) is 0 Å². The average molecular weight is 278 g/mol. The van der Waals surface area contributed by atoms with Crippen LogP contribution in [0.2, 0.25) is 0 Å². The topological polar surface area (TPSA) is 67.8 Å². The number of halogens is 2. The van der Waals surface area contributed by atoms with E-state index >= 15 is 0 Å². The van der Waals surface area contributed by atoms with Crippen molar-refractivity contribution in [3.63, 3.8) is 0 Å². The second-order valence-electron chi connectivity index (χ2n) is 4.01. The van der Waals surface area contributed by atoms with Gasteiger partial charge < -0.3 is 15.7 Å². The largest absolute Gasteiger partial charge is 0.486 e. The van der Waals surface area contributed by atoms with Gasteiger partial charge in [-0.15, -0.1) is 0 Å². The van der Waals surface area contributed by atoms with Gasteiger partial charge in [0, 0.05) is 17.2 Å². The van der Waals surface area contributed by atoms with E-state index in [1.54, 1.807) is 24.3 Å². The number of rotatable bonds is 4. The third-order valence-corrected chi connectivity index (χ3v) is 2.68. The molecule has 0 aromatic heterocycles. The molecule has 20 heavy (non-hydrogen) atoms. The zero-order chi connectivity index (χ0) is 14.5. The quantitative estimate of drug-likeness (QED) is 0.391. The van der Waals surface area contributed by atoms with Crippen molar-refractivity contribution in [1.82, 2.24) is 0 Å². The van der Waals surface area contributed by atoms with Crippen LogP contribution in [0.25, 0.3) is 0 Å². The number of amidine groups is 1. The molecule has 0 radical (unpaired) electrons. The normalized spacial score (nSPS) is 11.4. The first-order chi connectivity index (χ1) is 9.61. The Labute approximate surface area is 114 Å². The van der Waals surface area contributed by atoms with Gasteiger partial charge in [0.1, 0.15) is 12.4 Å². The van der Waals surface area contributed by atoms with Gasteiger partial charge >= 0.3 is 0 Å². The third kappa shape index (κ3) is 3.03. The standard InChI is InChI=1S/C14H12F2N2O2/c15-10-5-6-13(12(16)7-10)20-8-9-3-1-2-4-11(9)14(17)18-19/h1-7,19H,8H2,(H2,17,18). The minimum atomic E-state index is -0.786. The summed E-state index contributed by atoms with van der Waals surface area (Å²) in [6, 6.07) is 9.86. The summed E-state index contributed by atoms with van der Waals surface area (Å²) in [5.41, 5.74) is 6.64. The number of nitrogens with zero attached hydrogens (tertiary/aromatic N) is 1. The summed E-state index contributed by atoms with van der Waals surface area (Å²) in [6.45, 7) is 0.00887. The maximum Gasteiger partial charge on any atom is 0.170 e. The molecular formula is C14H12F2N2O2.